The minimum absolute atomic E-state index is 0.176. The minimum Gasteiger partial charge on any atom is -0.335 e. The molecule has 1 saturated heterocycles. The number of rotatable bonds is 2. The molecule has 0 spiro atoms. The minimum atomic E-state index is 0.176. The van der Waals surface area contributed by atoms with Gasteiger partial charge in [0, 0.05) is 38.3 Å². The van der Waals surface area contributed by atoms with Gasteiger partial charge in [-0.2, -0.15) is 0 Å². The monoisotopic (exact) mass is 263 g/mol. The smallest absolute Gasteiger partial charge is 0.317 e. The van der Waals surface area contributed by atoms with Crippen LogP contribution in [0.4, 0.5) is 4.79 Å². The normalized spacial score (nSPS) is 38.7. The van der Waals surface area contributed by atoms with Gasteiger partial charge in [0.25, 0.3) is 0 Å². The van der Waals surface area contributed by atoms with E-state index in [1.807, 2.05) is 4.90 Å². The van der Waals surface area contributed by atoms with Crippen molar-refractivity contribution in [3.05, 3.63) is 0 Å². The van der Waals surface area contributed by atoms with E-state index in [9.17, 15) is 4.79 Å². The standard InChI is InChI=1S/C15H25N3O/c19-15(16-13-3-4-13)18-7-5-17(6-8-18)14-10-11-1-2-12(14)9-11/h11-14H,1-10H2,(H,16,19). The molecule has 1 aliphatic heterocycles. The van der Waals surface area contributed by atoms with Crippen molar-refractivity contribution in [1.29, 1.82) is 0 Å². The van der Waals surface area contributed by atoms with Crippen LogP contribution in [0.2, 0.25) is 0 Å². The number of nitrogens with zero attached hydrogens (tertiary/aromatic N) is 2. The van der Waals surface area contributed by atoms with Gasteiger partial charge in [-0.15, -0.1) is 0 Å². The third-order valence-electron chi connectivity index (χ3n) is 5.68. The van der Waals surface area contributed by atoms with Crippen molar-refractivity contribution < 1.29 is 4.79 Å². The fourth-order valence-corrected chi connectivity index (χ4v) is 4.41. The van der Waals surface area contributed by atoms with Crippen molar-refractivity contribution in [1.82, 2.24) is 15.1 Å². The average molecular weight is 263 g/mol. The number of urea groups is 1. The Labute approximate surface area is 115 Å². The first kappa shape index (κ1) is 12.0. The quantitative estimate of drug-likeness (QED) is 0.822. The lowest BCUT2D eigenvalue weighted by atomic mass is 9.93. The van der Waals surface area contributed by atoms with Gasteiger partial charge in [0.1, 0.15) is 0 Å². The maximum atomic E-state index is 12.0. The second-order valence-electron chi connectivity index (χ2n) is 6.99. The Morgan fingerprint density at radius 1 is 0.947 bits per heavy atom. The Kier molecular flexibility index (Phi) is 2.94. The predicted molar refractivity (Wildman–Crippen MR) is 73.9 cm³/mol. The van der Waals surface area contributed by atoms with Gasteiger partial charge in [0.2, 0.25) is 0 Å². The Balaban J connectivity index is 1.28. The SMILES string of the molecule is O=C(NC1CC1)N1CCN(C2CC3CCC2C3)CC1. The molecule has 3 aliphatic carbocycles. The predicted octanol–water partition coefficient (Wildman–Crippen LogP) is 1.66. The Morgan fingerprint density at radius 3 is 2.32 bits per heavy atom. The summed E-state index contributed by atoms with van der Waals surface area (Å²) in [6.07, 6.45) is 8.20. The van der Waals surface area contributed by atoms with Gasteiger partial charge >= 0.3 is 6.03 Å². The fraction of sp³-hybridized carbons (Fsp3) is 0.933. The van der Waals surface area contributed by atoms with E-state index >= 15 is 0 Å². The van der Waals surface area contributed by atoms with Gasteiger partial charge in [-0.3, -0.25) is 4.90 Å². The molecule has 0 radical (unpaired) electrons. The first-order valence-electron chi connectivity index (χ1n) is 8.09. The average Bonchev–Trinajstić information content (AvgIpc) is 3.01. The van der Waals surface area contributed by atoms with E-state index in [0.29, 0.717) is 6.04 Å². The van der Waals surface area contributed by atoms with Crippen LogP contribution in [0.15, 0.2) is 0 Å². The van der Waals surface area contributed by atoms with Gasteiger partial charge in [-0.25, -0.2) is 4.79 Å². The molecule has 4 rings (SSSR count). The van der Waals surface area contributed by atoms with Gasteiger partial charge in [0.05, 0.1) is 0 Å². The molecule has 4 heteroatoms. The highest BCUT2D eigenvalue weighted by molar-refractivity contribution is 5.75. The molecule has 4 fully saturated rings. The van der Waals surface area contributed by atoms with Crippen LogP contribution in [-0.2, 0) is 0 Å². The van der Waals surface area contributed by atoms with Crippen molar-refractivity contribution >= 4 is 6.03 Å². The van der Waals surface area contributed by atoms with Crippen molar-refractivity contribution in [2.75, 3.05) is 26.2 Å². The maximum Gasteiger partial charge on any atom is 0.317 e. The van der Waals surface area contributed by atoms with Gasteiger partial charge in [-0.05, 0) is 43.9 Å². The van der Waals surface area contributed by atoms with E-state index in [1.165, 1.54) is 38.5 Å². The largest absolute Gasteiger partial charge is 0.335 e. The first-order chi connectivity index (χ1) is 9.29. The third kappa shape index (κ3) is 2.35. The van der Waals surface area contributed by atoms with Gasteiger partial charge in [-0.1, -0.05) is 6.42 Å². The van der Waals surface area contributed by atoms with Crippen LogP contribution < -0.4 is 5.32 Å². The molecule has 2 amide bonds. The number of amides is 2. The lowest BCUT2D eigenvalue weighted by Crippen LogP contribution is -2.55. The molecule has 4 aliphatic rings. The van der Waals surface area contributed by atoms with Gasteiger partial charge < -0.3 is 10.2 Å². The van der Waals surface area contributed by atoms with Crippen LogP contribution in [0.3, 0.4) is 0 Å². The van der Waals surface area contributed by atoms with E-state index < -0.39 is 0 Å². The molecule has 0 aromatic rings. The van der Waals surface area contributed by atoms with Crippen molar-refractivity contribution in [3.63, 3.8) is 0 Å². The van der Waals surface area contributed by atoms with Crippen molar-refractivity contribution in [2.45, 2.75) is 50.6 Å². The number of carbonyl (C=O) groups excluding carboxylic acids is 1. The second-order valence-corrected chi connectivity index (χ2v) is 6.99. The molecule has 3 atom stereocenters. The number of hydrogen-bond acceptors (Lipinski definition) is 2. The summed E-state index contributed by atoms with van der Waals surface area (Å²) in [5, 5.41) is 3.10. The molecule has 4 nitrogen and oxygen atoms in total. The highest BCUT2D eigenvalue weighted by Crippen LogP contribution is 2.46. The highest BCUT2D eigenvalue weighted by atomic mass is 16.2. The lowest BCUT2D eigenvalue weighted by molar-refractivity contribution is 0.0826. The summed E-state index contributed by atoms with van der Waals surface area (Å²) in [6, 6.07) is 1.50. The molecule has 3 unspecified atom stereocenters. The molecule has 1 N–H and O–H groups in total. The van der Waals surface area contributed by atoms with Gasteiger partial charge in [0.15, 0.2) is 0 Å². The number of piperazine rings is 1. The fourth-order valence-electron chi connectivity index (χ4n) is 4.41. The highest BCUT2D eigenvalue weighted by Gasteiger charge is 2.43. The zero-order valence-corrected chi connectivity index (χ0v) is 11.7. The van der Waals surface area contributed by atoms with E-state index in [0.717, 1.165) is 44.1 Å². The molecular weight excluding hydrogens is 238 g/mol. The Bertz CT molecular complexity index is 360. The molecule has 3 saturated carbocycles. The Hall–Kier alpha value is -0.770. The zero-order valence-electron chi connectivity index (χ0n) is 11.7. The summed E-state index contributed by atoms with van der Waals surface area (Å²) < 4.78 is 0. The van der Waals surface area contributed by atoms with Crippen molar-refractivity contribution in [2.24, 2.45) is 11.8 Å². The molecular formula is C15H25N3O. The summed E-state index contributed by atoms with van der Waals surface area (Å²) >= 11 is 0. The summed E-state index contributed by atoms with van der Waals surface area (Å²) in [4.78, 5) is 16.7. The lowest BCUT2D eigenvalue weighted by Gasteiger charge is -2.41. The number of carbonyl (C=O) groups is 1. The van der Waals surface area contributed by atoms with E-state index in [4.69, 9.17) is 0 Å². The second kappa shape index (κ2) is 4.65. The van der Waals surface area contributed by atoms with E-state index in [-0.39, 0.29) is 6.03 Å². The molecule has 1 heterocycles. The van der Waals surface area contributed by atoms with Crippen LogP contribution in [0, 0.1) is 11.8 Å². The molecule has 19 heavy (non-hydrogen) atoms. The van der Waals surface area contributed by atoms with Crippen LogP contribution >= 0.6 is 0 Å². The molecule has 0 aromatic heterocycles. The number of fused-ring (bicyclic) bond motifs is 2. The molecule has 0 aromatic carbocycles. The summed E-state index contributed by atoms with van der Waals surface area (Å²) in [6.45, 7) is 4.02. The number of hydrogen-bond donors (Lipinski definition) is 1. The third-order valence-corrected chi connectivity index (χ3v) is 5.68. The summed E-state index contributed by atoms with van der Waals surface area (Å²) in [5.74, 6) is 1.99. The first-order valence-corrected chi connectivity index (χ1v) is 8.09. The van der Waals surface area contributed by atoms with Crippen LogP contribution in [0.25, 0.3) is 0 Å². The van der Waals surface area contributed by atoms with Crippen LogP contribution in [0.5, 0.6) is 0 Å². The maximum absolute atomic E-state index is 12.0. The summed E-state index contributed by atoms with van der Waals surface area (Å²) in [5.41, 5.74) is 0. The molecule has 106 valence electrons. The van der Waals surface area contributed by atoms with E-state index in [1.54, 1.807) is 0 Å². The van der Waals surface area contributed by atoms with E-state index in [2.05, 4.69) is 10.2 Å². The Morgan fingerprint density at radius 2 is 1.74 bits per heavy atom. The van der Waals surface area contributed by atoms with Crippen molar-refractivity contribution in [3.8, 4) is 0 Å². The summed E-state index contributed by atoms with van der Waals surface area (Å²) in [7, 11) is 0. The topological polar surface area (TPSA) is 35.6 Å². The molecule has 2 bridgehead atoms. The number of nitrogens with one attached hydrogen (secondary N) is 1. The van der Waals surface area contributed by atoms with Crippen LogP contribution in [0.1, 0.15) is 38.5 Å². The van der Waals surface area contributed by atoms with Crippen LogP contribution in [-0.4, -0.2) is 54.1 Å². The zero-order chi connectivity index (χ0) is 12.8.